The molecule has 1 heterocycles. The molecule has 0 aliphatic heterocycles. The largest absolute Gasteiger partial charge is 0.271 e. The van der Waals surface area contributed by atoms with Gasteiger partial charge in [0.25, 0.3) is 0 Å². The molecule has 18 heavy (non-hydrogen) atoms. The summed E-state index contributed by atoms with van der Waals surface area (Å²) < 4.78 is 1.84. The lowest BCUT2D eigenvalue weighted by molar-refractivity contribution is 0.574. The molecular formula is C13H17ClN4. The molecule has 1 aromatic carbocycles. The second-order valence-corrected chi connectivity index (χ2v) is 4.57. The number of aromatic nitrogens is 2. The summed E-state index contributed by atoms with van der Waals surface area (Å²) in [6.07, 6.45) is 0.896. The predicted molar refractivity (Wildman–Crippen MR) is 73.2 cm³/mol. The number of hydrogen-bond donors (Lipinski definition) is 2. The predicted octanol–water partition coefficient (Wildman–Crippen LogP) is 2.19. The van der Waals surface area contributed by atoms with Crippen molar-refractivity contribution in [1.82, 2.24) is 15.2 Å². The molecule has 0 amide bonds. The fraction of sp³-hybridized carbons (Fsp3) is 0.308. The molecule has 1 aromatic heterocycles. The minimum atomic E-state index is -0.156. The highest BCUT2D eigenvalue weighted by atomic mass is 35.5. The topological polar surface area (TPSA) is 55.9 Å². The van der Waals surface area contributed by atoms with Crippen molar-refractivity contribution in [3.05, 3.63) is 52.3 Å². The maximum Gasteiger partial charge on any atom is 0.0892 e. The third-order valence-electron chi connectivity index (χ3n) is 3.01. The molecule has 0 saturated carbocycles. The quantitative estimate of drug-likeness (QED) is 0.657. The monoisotopic (exact) mass is 264 g/mol. The molecule has 5 heteroatoms. The maximum absolute atomic E-state index is 6.22. The van der Waals surface area contributed by atoms with Crippen LogP contribution in [0.25, 0.3) is 0 Å². The van der Waals surface area contributed by atoms with Crippen molar-refractivity contribution in [2.45, 2.75) is 19.4 Å². The van der Waals surface area contributed by atoms with E-state index >= 15 is 0 Å². The molecule has 96 valence electrons. The van der Waals surface area contributed by atoms with Gasteiger partial charge in [0.1, 0.15) is 0 Å². The van der Waals surface area contributed by atoms with Crippen LogP contribution in [0.15, 0.2) is 30.3 Å². The fourth-order valence-corrected chi connectivity index (χ4v) is 2.27. The normalized spacial score (nSPS) is 12.7. The Hall–Kier alpha value is -1.36. The number of rotatable bonds is 4. The number of hydrogen-bond acceptors (Lipinski definition) is 3. The van der Waals surface area contributed by atoms with Gasteiger partial charge in [0, 0.05) is 12.1 Å². The third-order valence-corrected chi connectivity index (χ3v) is 3.35. The first-order chi connectivity index (χ1) is 8.67. The third kappa shape index (κ3) is 2.41. The Balaban J connectivity index is 2.45. The van der Waals surface area contributed by atoms with Crippen LogP contribution < -0.4 is 11.3 Å². The van der Waals surface area contributed by atoms with Gasteiger partial charge in [-0.05, 0) is 24.1 Å². The zero-order chi connectivity index (χ0) is 13.1. The second-order valence-electron chi connectivity index (χ2n) is 4.16. The molecule has 2 rings (SSSR count). The molecule has 0 radical (unpaired) electrons. The van der Waals surface area contributed by atoms with Crippen LogP contribution in [0.5, 0.6) is 0 Å². The van der Waals surface area contributed by atoms with E-state index in [4.69, 9.17) is 17.4 Å². The summed E-state index contributed by atoms with van der Waals surface area (Å²) >= 11 is 6.22. The summed E-state index contributed by atoms with van der Waals surface area (Å²) in [6, 6.07) is 9.57. The van der Waals surface area contributed by atoms with Gasteiger partial charge in [-0.15, -0.1) is 0 Å². The average Bonchev–Trinajstić information content (AvgIpc) is 2.74. The number of nitrogens with one attached hydrogen (secondary N) is 1. The standard InChI is InChI=1S/C13H17ClN4/c1-3-9-8-12(18(2)17-9)13(16-15)10-6-4-5-7-11(10)14/h4-8,13,16H,3,15H2,1-2H3. The number of nitrogens with zero attached hydrogens (tertiary/aromatic N) is 2. The molecule has 2 aromatic rings. The molecule has 1 atom stereocenters. The van der Waals surface area contributed by atoms with Crippen LogP contribution >= 0.6 is 11.6 Å². The Morgan fingerprint density at radius 3 is 2.72 bits per heavy atom. The summed E-state index contributed by atoms with van der Waals surface area (Å²) in [4.78, 5) is 0. The zero-order valence-corrected chi connectivity index (χ0v) is 11.3. The van der Waals surface area contributed by atoms with Crippen molar-refractivity contribution >= 4 is 11.6 Å². The smallest absolute Gasteiger partial charge is 0.0892 e. The van der Waals surface area contributed by atoms with E-state index in [9.17, 15) is 0 Å². The molecule has 0 aliphatic carbocycles. The van der Waals surface area contributed by atoms with Gasteiger partial charge in [0.15, 0.2) is 0 Å². The zero-order valence-electron chi connectivity index (χ0n) is 10.5. The minimum absolute atomic E-state index is 0.156. The first-order valence-corrected chi connectivity index (χ1v) is 6.28. The van der Waals surface area contributed by atoms with Crippen molar-refractivity contribution < 1.29 is 0 Å². The SMILES string of the molecule is CCc1cc(C(NN)c2ccccc2Cl)n(C)n1. The van der Waals surface area contributed by atoms with E-state index in [1.165, 1.54) is 0 Å². The van der Waals surface area contributed by atoms with E-state index in [-0.39, 0.29) is 6.04 Å². The van der Waals surface area contributed by atoms with Gasteiger partial charge in [0.05, 0.1) is 17.4 Å². The molecular weight excluding hydrogens is 248 g/mol. The Morgan fingerprint density at radius 2 is 2.17 bits per heavy atom. The van der Waals surface area contributed by atoms with E-state index in [2.05, 4.69) is 17.4 Å². The van der Waals surface area contributed by atoms with Crippen molar-refractivity contribution in [2.24, 2.45) is 12.9 Å². The van der Waals surface area contributed by atoms with E-state index in [0.717, 1.165) is 23.4 Å². The van der Waals surface area contributed by atoms with Gasteiger partial charge in [-0.2, -0.15) is 5.10 Å². The summed E-state index contributed by atoms with van der Waals surface area (Å²) in [5.41, 5.74) is 5.80. The molecule has 0 saturated heterocycles. The Kier molecular flexibility index (Phi) is 4.01. The molecule has 3 N–H and O–H groups in total. The van der Waals surface area contributed by atoms with Crippen molar-refractivity contribution in [3.8, 4) is 0 Å². The lowest BCUT2D eigenvalue weighted by Crippen LogP contribution is -2.30. The first-order valence-electron chi connectivity index (χ1n) is 5.90. The summed E-state index contributed by atoms with van der Waals surface area (Å²) in [5.74, 6) is 5.68. The highest BCUT2D eigenvalue weighted by Gasteiger charge is 2.19. The lowest BCUT2D eigenvalue weighted by atomic mass is 10.0. The number of nitrogens with two attached hydrogens (primary N) is 1. The maximum atomic E-state index is 6.22. The summed E-state index contributed by atoms with van der Waals surface area (Å²) in [5, 5.41) is 5.13. The van der Waals surface area contributed by atoms with Gasteiger partial charge >= 0.3 is 0 Å². The minimum Gasteiger partial charge on any atom is -0.271 e. The van der Waals surface area contributed by atoms with Gasteiger partial charge in [0.2, 0.25) is 0 Å². The molecule has 0 spiro atoms. The number of benzene rings is 1. The van der Waals surface area contributed by atoms with Crippen molar-refractivity contribution in [3.63, 3.8) is 0 Å². The Labute approximate surface area is 112 Å². The summed E-state index contributed by atoms with van der Waals surface area (Å²) in [6.45, 7) is 2.08. The van der Waals surface area contributed by atoms with E-state index < -0.39 is 0 Å². The van der Waals surface area contributed by atoms with Gasteiger partial charge in [-0.1, -0.05) is 36.7 Å². The van der Waals surface area contributed by atoms with Crippen LogP contribution in [0.4, 0.5) is 0 Å². The first kappa shape index (κ1) is 13.1. The van der Waals surface area contributed by atoms with E-state index in [1.54, 1.807) is 0 Å². The van der Waals surface area contributed by atoms with Crippen LogP contribution in [0.3, 0.4) is 0 Å². The number of aryl methyl sites for hydroxylation is 2. The van der Waals surface area contributed by atoms with Gasteiger partial charge in [-0.25, -0.2) is 5.43 Å². The second kappa shape index (κ2) is 5.52. The fourth-order valence-electron chi connectivity index (χ4n) is 2.03. The van der Waals surface area contributed by atoms with Crippen LogP contribution in [0.1, 0.15) is 29.9 Å². The molecule has 1 unspecified atom stereocenters. The van der Waals surface area contributed by atoms with Crippen LogP contribution in [0.2, 0.25) is 5.02 Å². The highest BCUT2D eigenvalue weighted by molar-refractivity contribution is 6.31. The molecule has 0 aliphatic rings. The van der Waals surface area contributed by atoms with Crippen LogP contribution in [0, 0.1) is 0 Å². The van der Waals surface area contributed by atoms with Gasteiger partial charge in [-0.3, -0.25) is 10.5 Å². The highest BCUT2D eigenvalue weighted by Crippen LogP contribution is 2.27. The summed E-state index contributed by atoms with van der Waals surface area (Å²) in [7, 11) is 1.91. The Bertz CT molecular complexity index is 536. The average molecular weight is 265 g/mol. The molecule has 0 fully saturated rings. The van der Waals surface area contributed by atoms with Crippen LogP contribution in [-0.2, 0) is 13.5 Å². The van der Waals surface area contributed by atoms with Crippen LogP contribution in [-0.4, -0.2) is 9.78 Å². The van der Waals surface area contributed by atoms with Crippen molar-refractivity contribution in [2.75, 3.05) is 0 Å². The Morgan fingerprint density at radius 1 is 1.44 bits per heavy atom. The van der Waals surface area contributed by atoms with Crippen molar-refractivity contribution in [1.29, 1.82) is 0 Å². The van der Waals surface area contributed by atoms with Gasteiger partial charge < -0.3 is 0 Å². The molecule has 0 bridgehead atoms. The van der Waals surface area contributed by atoms with E-state index in [1.807, 2.05) is 42.1 Å². The molecule has 4 nitrogen and oxygen atoms in total. The van der Waals surface area contributed by atoms with E-state index in [0.29, 0.717) is 5.02 Å². The lowest BCUT2D eigenvalue weighted by Gasteiger charge is -2.17. The number of halogens is 1. The number of hydrazine groups is 1.